The summed E-state index contributed by atoms with van der Waals surface area (Å²) in [5.74, 6) is -1.11. The van der Waals surface area contributed by atoms with Gasteiger partial charge in [0.15, 0.2) is 0 Å². The van der Waals surface area contributed by atoms with Gasteiger partial charge >= 0.3 is 0 Å². The zero-order valence-corrected chi connectivity index (χ0v) is 14.2. The third-order valence-electron chi connectivity index (χ3n) is 3.88. The molecule has 0 aliphatic carbocycles. The molecular formula is C17H20F2N2OS. The number of likely N-dealkylation sites (N-methyl/N-ethyl adjacent to an activating group) is 1. The number of amides is 1. The molecule has 2 rings (SSSR count). The highest BCUT2D eigenvalue weighted by Gasteiger charge is 2.18. The van der Waals surface area contributed by atoms with Crippen LogP contribution in [0.15, 0.2) is 29.6 Å². The number of benzene rings is 1. The Hall–Kier alpha value is -1.79. The molecule has 1 amide bonds. The smallest absolute Gasteiger partial charge is 0.234 e. The highest BCUT2D eigenvalue weighted by atomic mass is 32.1. The summed E-state index contributed by atoms with van der Waals surface area (Å²) in [5.41, 5.74) is 1.40. The van der Waals surface area contributed by atoms with Crippen LogP contribution >= 0.6 is 11.3 Å². The maximum absolute atomic E-state index is 13.8. The van der Waals surface area contributed by atoms with Crippen LogP contribution in [0.3, 0.4) is 0 Å². The number of carbonyl (C=O) groups is 1. The molecule has 0 aliphatic heterocycles. The molecule has 1 N–H and O–H groups in total. The van der Waals surface area contributed by atoms with E-state index < -0.39 is 17.7 Å². The third kappa shape index (κ3) is 4.59. The van der Waals surface area contributed by atoms with Crippen molar-refractivity contribution in [3.63, 3.8) is 0 Å². The number of rotatable bonds is 6. The summed E-state index contributed by atoms with van der Waals surface area (Å²) in [6.45, 7) is 4.34. The molecule has 0 bridgehead atoms. The Morgan fingerprint density at radius 1 is 1.35 bits per heavy atom. The summed E-state index contributed by atoms with van der Waals surface area (Å²) in [6, 6.07) is 4.96. The zero-order valence-electron chi connectivity index (χ0n) is 13.4. The highest BCUT2D eigenvalue weighted by molar-refractivity contribution is 7.10. The predicted octanol–water partition coefficient (Wildman–Crippen LogP) is 3.64. The number of thiophene rings is 1. The number of hydrogen-bond donors (Lipinski definition) is 1. The Bertz CT molecular complexity index is 687. The Balaban J connectivity index is 1.92. The fraction of sp³-hybridized carbons (Fsp3) is 0.353. The fourth-order valence-corrected chi connectivity index (χ4v) is 3.10. The molecule has 1 atom stereocenters. The largest absolute Gasteiger partial charge is 0.350 e. The first kappa shape index (κ1) is 17.6. The van der Waals surface area contributed by atoms with Gasteiger partial charge in [-0.05, 0) is 56.1 Å². The van der Waals surface area contributed by atoms with Gasteiger partial charge in [-0.15, -0.1) is 11.3 Å². The van der Waals surface area contributed by atoms with Crippen LogP contribution in [0.1, 0.15) is 29.0 Å². The number of nitrogens with zero attached hydrogens (tertiary/aromatic N) is 1. The van der Waals surface area contributed by atoms with Crippen molar-refractivity contribution in [2.75, 3.05) is 13.6 Å². The van der Waals surface area contributed by atoms with Crippen LogP contribution in [-0.4, -0.2) is 24.4 Å². The summed E-state index contributed by atoms with van der Waals surface area (Å²) in [4.78, 5) is 14.8. The summed E-state index contributed by atoms with van der Waals surface area (Å²) in [5, 5.41) is 4.83. The second-order valence-electron chi connectivity index (χ2n) is 5.56. The number of aryl methyl sites for hydroxylation is 1. The molecule has 124 valence electrons. The van der Waals surface area contributed by atoms with E-state index in [2.05, 4.69) is 5.32 Å². The first-order chi connectivity index (χ1) is 10.9. The molecule has 1 aromatic carbocycles. The van der Waals surface area contributed by atoms with Crippen LogP contribution in [-0.2, 0) is 11.3 Å². The lowest BCUT2D eigenvalue weighted by molar-refractivity contribution is -0.122. The zero-order chi connectivity index (χ0) is 17.0. The van der Waals surface area contributed by atoms with E-state index in [0.717, 1.165) is 22.6 Å². The van der Waals surface area contributed by atoms with Gasteiger partial charge in [-0.25, -0.2) is 8.78 Å². The van der Waals surface area contributed by atoms with Crippen molar-refractivity contribution in [2.45, 2.75) is 26.4 Å². The lowest BCUT2D eigenvalue weighted by Crippen LogP contribution is -2.36. The molecule has 1 heterocycles. The van der Waals surface area contributed by atoms with Crippen LogP contribution < -0.4 is 5.32 Å². The van der Waals surface area contributed by atoms with Crippen LogP contribution in [0, 0.1) is 18.6 Å². The van der Waals surface area contributed by atoms with Crippen molar-refractivity contribution < 1.29 is 13.6 Å². The molecule has 0 fully saturated rings. The van der Waals surface area contributed by atoms with Crippen molar-refractivity contribution >= 4 is 17.2 Å². The van der Waals surface area contributed by atoms with E-state index in [1.54, 1.807) is 30.2 Å². The van der Waals surface area contributed by atoms with Crippen molar-refractivity contribution in [3.8, 4) is 0 Å². The molecule has 0 saturated heterocycles. The Morgan fingerprint density at radius 3 is 2.74 bits per heavy atom. The van der Waals surface area contributed by atoms with Gasteiger partial charge in [0.05, 0.1) is 13.1 Å². The summed E-state index contributed by atoms with van der Waals surface area (Å²) >= 11 is 1.60. The van der Waals surface area contributed by atoms with Crippen LogP contribution in [0.5, 0.6) is 0 Å². The van der Waals surface area contributed by atoms with Crippen LogP contribution in [0.4, 0.5) is 8.78 Å². The van der Waals surface area contributed by atoms with Crippen molar-refractivity contribution in [1.29, 1.82) is 0 Å². The summed E-state index contributed by atoms with van der Waals surface area (Å²) in [7, 11) is 1.71. The normalized spacial score (nSPS) is 12.4. The van der Waals surface area contributed by atoms with Gasteiger partial charge in [0.25, 0.3) is 0 Å². The number of carbonyl (C=O) groups excluding carboxylic acids is 1. The molecule has 2 aromatic rings. The second kappa shape index (κ2) is 7.66. The van der Waals surface area contributed by atoms with E-state index in [0.29, 0.717) is 6.54 Å². The lowest BCUT2D eigenvalue weighted by atomic mass is 10.1. The van der Waals surface area contributed by atoms with Crippen molar-refractivity contribution in [3.05, 3.63) is 57.3 Å². The standard InChI is InChI=1S/C17H20F2N2OS/c1-11-6-7-23-16(11)9-20-17(22)10-21(3)12(2)14-8-13(18)4-5-15(14)19/h4-8,12H,9-10H2,1-3H3,(H,20,22). The average Bonchev–Trinajstić information content (AvgIpc) is 2.92. The third-order valence-corrected chi connectivity index (χ3v) is 4.90. The molecule has 1 unspecified atom stereocenters. The Morgan fingerprint density at radius 2 is 2.09 bits per heavy atom. The first-order valence-corrected chi connectivity index (χ1v) is 8.21. The van der Waals surface area contributed by atoms with E-state index in [1.165, 1.54) is 6.07 Å². The molecular weight excluding hydrogens is 318 g/mol. The minimum Gasteiger partial charge on any atom is -0.350 e. The molecule has 0 spiro atoms. The summed E-state index contributed by atoms with van der Waals surface area (Å²) < 4.78 is 27.1. The molecule has 0 aliphatic rings. The maximum Gasteiger partial charge on any atom is 0.234 e. The van der Waals surface area contributed by atoms with E-state index in [9.17, 15) is 13.6 Å². The van der Waals surface area contributed by atoms with Gasteiger partial charge in [-0.1, -0.05) is 0 Å². The first-order valence-electron chi connectivity index (χ1n) is 7.33. The highest BCUT2D eigenvalue weighted by Crippen LogP contribution is 2.22. The minimum atomic E-state index is -0.487. The van der Waals surface area contributed by atoms with Gasteiger partial charge in [-0.3, -0.25) is 9.69 Å². The SMILES string of the molecule is Cc1ccsc1CNC(=O)CN(C)C(C)c1cc(F)ccc1F. The number of halogens is 2. The second-order valence-corrected chi connectivity index (χ2v) is 6.56. The average molecular weight is 338 g/mol. The predicted molar refractivity (Wildman–Crippen MR) is 88.3 cm³/mol. The fourth-order valence-electron chi connectivity index (χ4n) is 2.26. The van der Waals surface area contributed by atoms with Gasteiger partial charge in [0.2, 0.25) is 5.91 Å². The lowest BCUT2D eigenvalue weighted by Gasteiger charge is -2.24. The monoisotopic (exact) mass is 338 g/mol. The van der Waals surface area contributed by atoms with Crippen molar-refractivity contribution in [1.82, 2.24) is 10.2 Å². The Kier molecular flexibility index (Phi) is 5.85. The molecule has 1 aromatic heterocycles. The van der Waals surface area contributed by atoms with E-state index in [-0.39, 0.29) is 18.0 Å². The number of nitrogens with one attached hydrogen (secondary N) is 1. The minimum absolute atomic E-state index is 0.113. The maximum atomic E-state index is 13.8. The molecule has 6 heteroatoms. The number of hydrogen-bond acceptors (Lipinski definition) is 3. The molecule has 0 saturated carbocycles. The molecule has 23 heavy (non-hydrogen) atoms. The van der Waals surface area contributed by atoms with Crippen LogP contribution in [0.25, 0.3) is 0 Å². The van der Waals surface area contributed by atoms with Crippen LogP contribution in [0.2, 0.25) is 0 Å². The quantitative estimate of drug-likeness (QED) is 0.872. The van der Waals surface area contributed by atoms with Gasteiger partial charge in [0.1, 0.15) is 11.6 Å². The van der Waals surface area contributed by atoms with Gasteiger partial charge in [0, 0.05) is 16.5 Å². The topological polar surface area (TPSA) is 32.3 Å². The van der Waals surface area contributed by atoms with Gasteiger partial charge in [-0.2, -0.15) is 0 Å². The van der Waals surface area contributed by atoms with E-state index in [4.69, 9.17) is 0 Å². The Labute approximate surface area is 138 Å². The van der Waals surface area contributed by atoms with E-state index in [1.807, 2.05) is 18.4 Å². The molecule has 0 radical (unpaired) electrons. The van der Waals surface area contributed by atoms with E-state index >= 15 is 0 Å². The summed E-state index contributed by atoms with van der Waals surface area (Å²) in [6.07, 6.45) is 0. The molecule has 3 nitrogen and oxygen atoms in total. The van der Waals surface area contributed by atoms with Crippen molar-refractivity contribution in [2.24, 2.45) is 0 Å². The van der Waals surface area contributed by atoms with Gasteiger partial charge < -0.3 is 5.32 Å².